The average Bonchev–Trinajstić information content (AvgIpc) is 3.02. The molecule has 0 radical (unpaired) electrons. The number of hydrogen-bond donors (Lipinski definition) is 1. The number of para-hydroxylation sites is 1. The van der Waals surface area contributed by atoms with Gasteiger partial charge in [0.25, 0.3) is 0 Å². The number of thiocarbonyl (C=S) groups is 1. The summed E-state index contributed by atoms with van der Waals surface area (Å²) in [5.41, 5.74) is 4.54. The lowest BCUT2D eigenvalue weighted by Gasteiger charge is -2.56. The molecule has 0 aromatic heterocycles. The topological polar surface area (TPSA) is 24.5 Å². The Morgan fingerprint density at radius 3 is 2.88 bits per heavy atom. The molecule has 2 aliphatic heterocycles. The lowest BCUT2D eigenvalue weighted by Crippen LogP contribution is -2.69. The molecule has 4 heteroatoms. The average molecular weight is 350 g/mol. The van der Waals surface area contributed by atoms with Crippen molar-refractivity contribution in [1.29, 1.82) is 0 Å². The van der Waals surface area contributed by atoms with E-state index in [1.165, 1.54) is 23.1 Å². The highest BCUT2D eigenvalue weighted by Crippen LogP contribution is 2.56. The van der Waals surface area contributed by atoms with Gasteiger partial charge in [-0.25, -0.2) is 0 Å². The minimum absolute atomic E-state index is 0.249. The molecule has 1 N–H and O–H groups in total. The standard InChI is InChI=1S/C21H22N2OS/c1-13-9-10-18-15(12-13)19-16-7-5-11-21(16,24-18)23(20(25)22-19)17-8-4-3-6-14(17)2/h3-4,6,8-10,12,16,19H,5,7,11H2,1-2H3,(H,22,25). The van der Waals surface area contributed by atoms with Crippen LogP contribution in [0.4, 0.5) is 5.69 Å². The van der Waals surface area contributed by atoms with Gasteiger partial charge in [-0.2, -0.15) is 0 Å². The van der Waals surface area contributed by atoms with Crippen LogP contribution in [-0.4, -0.2) is 10.8 Å². The van der Waals surface area contributed by atoms with Gasteiger partial charge in [-0.05, 0) is 56.6 Å². The Kier molecular flexibility index (Phi) is 3.17. The highest BCUT2D eigenvalue weighted by Gasteiger charge is 2.60. The van der Waals surface area contributed by atoms with Crippen LogP contribution in [0.25, 0.3) is 0 Å². The molecular formula is C21H22N2OS. The van der Waals surface area contributed by atoms with Crippen molar-refractivity contribution in [2.45, 2.75) is 44.9 Å². The monoisotopic (exact) mass is 350 g/mol. The van der Waals surface area contributed by atoms with E-state index in [-0.39, 0.29) is 11.8 Å². The van der Waals surface area contributed by atoms with E-state index in [9.17, 15) is 0 Å². The molecule has 5 rings (SSSR count). The Bertz CT molecular complexity index is 880. The second-order valence-electron chi connectivity index (χ2n) is 7.54. The smallest absolute Gasteiger partial charge is 0.194 e. The molecule has 3 unspecified atom stereocenters. The second kappa shape index (κ2) is 5.21. The quantitative estimate of drug-likeness (QED) is 0.758. The van der Waals surface area contributed by atoms with Crippen molar-refractivity contribution < 1.29 is 4.74 Å². The molecule has 0 amide bonds. The fourth-order valence-electron chi connectivity index (χ4n) is 4.95. The van der Waals surface area contributed by atoms with E-state index in [1.807, 2.05) is 0 Å². The summed E-state index contributed by atoms with van der Waals surface area (Å²) in [5.74, 6) is 1.41. The molecule has 1 aliphatic carbocycles. The van der Waals surface area contributed by atoms with E-state index < -0.39 is 0 Å². The van der Waals surface area contributed by atoms with Gasteiger partial charge in [0, 0.05) is 23.6 Å². The van der Waals surface area contributed by atoms with Crippen LogP contribution in [0.5, 0.6) is 5.75 Å². The molecule has 25 heavy (non-hydrogen) atoms. The Balaban J connectivity index is 1.71. The van der Waals surface area contributed by atoms with Crippen LogP contribution in [0.2, 0.25) is 0 Å². The van der Waals surface area contributed by atoms with Gasteiger partial charge in [0.15, 0.2) is 10.8 Å². The number of rotatable bonds is 1. The van der Waals surface area contributed by atoms with Gasteiger partial charge in [0.05, 0.1) is 6.04 Å². The van der Waals surface area contributed by atoms with E-state index in [0.717, 1.165) is 29.4 Å². The molecule has 3 aliphatic rings. The lowest BCUT2D eigenvalue weighted by molar-refractivity contribution is -0.00516. The Morgan fingerprint density at radius 1 is 1.20 bits per heavy atom. The SMILES string of the molecule is Cc1ccc2c(c1)C1NC(=S)N(c3ccccc3C)C3(CCCC13)O2. The fourth-order valence-corrected chi connectivity index (χ4v) is 5.33. The summed E-state index contributed by atoms with van der Waals surface area (Å²) in [6.07, 6.45) is 3.34. The molecular weight excluding hydrogens is 328 g/mol. The maximum absolute atomic E-state index is 6.76. The van der Waals surface area contributed by atoms with Crippen LogP contribution in [0, 0.1) is 19.8 Å². The number of nitrogens with one attached hydrogen (secondary N) is 1. The first-order chi connectivity index (χ1) is 12.1. The molecule has 3 nitrogen and oxygen atoms in total. The zero-order valence-corrected chi connectivity index (χ0v) is 15.4. The summed E-state index contributed by atoms with van der Waals surface area (Å²) in [4.78, 5) is 2.26. The molecule has 2 fully saturated rings. The summed E-state index contributed by atoms with van der Waals surface area (Å²) in [6.45, 7) is 4.28. The van der Waals surface area contributed by atoms with Crippen molar-refractivity contribution in [1.82, 2.24) is 5.32 Å². The van der Waals surface area contributed by atoms with Crippen molar-refractivity contribution >= 4 is 23.0 Å². The number of aryl methyl sites for hydroxylation is 2. The lowest BCUT2D eigenvalue weighted by atomic mass is 9.80. The minimum atomic E-state index is -0.360. The number of hydrogen-bond acceptors (Lipinski definition) is 2. The van der Waals surface area contributed by atoms with Crippen LogP contribution in [0.1, 0.15) is 42.0 Å². The van der Waals surface area contributed by atoms with Gasteiger partial charge in [0.2, 0.25) is 0 Å². The largest absolute Gasteiger partial charge is 0.467 e. The van der Waals surface area contributed by atoms with Gasteiger partial charge < -0.3 is 10.1 Å². The predicted molar refractivity (Wildman–Crippen MR) is 104 cm³/mol. The molecule has 1 saturated carbocycles. The first-order valence-corrected chi connectivity index (χ1v) is 9.47. The Hall–Kier alpha value is -2.07. The third kappa shape index (κ3) is 2.00. The molecule has 0 spiro atoms. The summed E-state index contributed by atoms with van der Waals surface area (Å²) in [5, 5.41) is 4.43. The third-order valence-electron chi connectivity index (χ3n) is 6.04. The van der Waals surface area contributed by atoms with Gasteiger partial charge >= 0.3 is 0 Å². The van der Waals surface area contributed by atoms with Gasteiger partial charge in [-0.1, -0.05) is 35.9 Å². The first kappa shape index (κ1) is 15.2. The van der Waals surface area contributed by atoms with Crippen molar-refractivity contribution in [3.05, 3.63) is 59.2 Å². The van der Waals surface area contributed by atoms with E-state index >= 15 is 0 Å². The minimum Gasteiger partial charge on any atom is -0.467 e. The fraction of sp³-hybridized carbons (Fsp3) is 0.381. The predicted octanol–water partition coefficient (Wildman–Crippen LogP) is 4.63. The van der Waals surface area contributed by atoms with E-state index in [4.69, 9.17) is 17.0 Å². The Labute approximate surface area is 154 Å². The number of nitrogens with zero attached hydrogens (tertiary/aromatic N) is 1. The van der Waals surface area contributed by atoms with Crippen LogP contribution < -0.4 is 15.0 Å². The van der Waals surface area contributed by atoms with Crippen LogP contribution in [-0.2, 0) is 0 Å². The number of ether oxygens (including phenoxy) is 1. The number of fused-ring (bicyclic) bond motifs is 2. The molecule has 128 valence electrons. The van der Waals surface area contributed by atoms with Crippen molar-refractivity contribution in [2.75, 3.05) is 4.90 Å². The molecule has 3 atom stereocenters. The third-order valence-corrected chi connectivity index (χ3v) is 6.34. The molecule has 2 heterocycles. The zero-order valence-electron chi connectivity index (χ0n) is 14.6. The maximum atomic E-state index is 6.76. The van der Waals surface area contributed by atoms with Gasteiger partial charge in [-0.3, -0.25) is 4.90 Å². The summed E-state index contributed by atoms with van der Waals surface area (Å²) >= 11 is 5.84. The van der Waals surface area contributed by atoms with E-state index in [0.29, 0.717) is 5.92 Å². The molecule has 2 aromatic rings. The highest BCUT2D eigenvalue weighted by molar-refractivity contribution is 7.80. The first-order valence-electron chi connectivity index (χ1n) is 9.06. The van der Waals surface area contributed by atoms with Gasteiger partial charge in [-0.15, -0.1) is 0 Å². The second-order valence-corrected chi connectivity index (χ2v) is 7.92. The normalized spacial score (nSPS) is 29.5. The molecule has 1 saturated heterocycles. The van der Waals surface area contributed by atoms with E-state index in [1.54, 1.807) is 0 Å². The Morgan fingerprint density at radius 2 is 2.04 bits per heavy atom. The van der Waals surface area contributed by atoms with Crippen molar-refractivity contribution in [2.24, 2.45) is 5.92 Å². The number of benzene rings is 2. The summed E-state index contributed by atoms with van der Waals surface area (Å²) < 4.78 is 6.76. The summed E-state index contributed by atoms with van der Waals surface area (Å²) in [7, 11) is 0. The van der Waals surface area contributed by atoms with Crippen molar-refractivity contribution in [3.8, 4) is 5.75 Å². The zero-order chi connectivity index (χ0) is 17.2. The summed E-state index contributed by atoms with van der Waals surface area (Å²) in [6, 6.07) is 15.2. The van der Waals surface area contributed by atoms with Crippen LogP contribution in [0.15, 0.2) is 42.5 Å². The van der Waals surface area contributed by atoms with E-state index in [2.05, 4.69) is 66.5 Å². The maximum Gasteiger partial charge on any atom is 0.194 e. The highest BCUT2D eigenvalue weighted by atomic mass is 32.1. The molecule has 2 aromatic carbocycles. The number of anilines is 1. The van der Waals surface area contributed by atoms with Crippen molar-refractivity contribution in [3.63, 3.8) is 0 Å². The van der Waals surface area contributed by atoms with Gasteiger partial charge in [0.1, 0.15) is 5.75 Å². The van der Waals surface area contributed by atoms with Crippen LogP contribution in [0.3, 0.4) is 0 Å². The molecule has 2 bridgehead atoms. The van der Waals surface area contributed by atoms with Crippen LogP contribution >= 0.6 is 12.2 Å².